The summed E-state index contributed by atoms with van der Waals surface area (Å²) in [5, 5.41) is 6.65. The molecule has 0 aliphatic heterocycles. The van der Waals surface area contributed by atoms with Gasteiger partial charge in [0.15, 0.2) is 0 Å². The maximum absolute atomic E-state index is 5.87. The first kappa shape index (κ1) is 16.8. The van der Waals surface area contributed by atoms with Crippen LogP contribution in [-0.4, -0.2) is 14.2 Å². The molecular formula is C20H22N2O3. The van der Waals surface area contributed by atoms with Gasteiger partial charge in [-0.25, -0.2) is 0 Å². The van der Waals surface area contributed by atoms with Crippen LogP contribution in [0.4, 0.5) is 11.4 Å². The fourth-order valence-electron chi connectivity index (χ4n) is 2.56. The lowest BCUT2D eigenvalue weighted by Gasteiger charge is -2.10. The Kier molecular flexibility index (Phi) is 5.46. The summed E-state index contributed by atoms with van der Waals surface area (Å²) in [6.45, 7) is 1.18. The molecule has 5 heteroatoms. The zero-order chi connectivity index (χ0) is 17.5. The van der Waals surface area contributed by atoms with E-state index in [2.05, 4.69) is 10.6 Å². The smallest absolute Gasteiger partial charge is 0.141 e. The van der Waals surface area contributed by atoms with E-state index in [1.165, 1.54) is 0 Å². The van der Waals surface area contributed by atoms with Crippen LogP contribution in [0.25, 0.3) is 0 Å². The molecule has 0 amide bonds. The molecule has 0 spiro atoms. The molecule has 2 N–H and O–H groups in total. The molecule has 1 heterocycles. The van der Waals surface area contributed by atoms with Gasteiger partial charge in [0.05, 0.1) is 38.7 Å². The lowest BCUT2D eigenvalue weighted by molar-refractivity contribution is 0.415. The van der Waals surface area contributed by atoms with Gasteiger partial charge in [0, 0.05) is 0 Å². The van der Waals surface area contributed by atoms with Crippen LogP contribution in [0.2, 0.25) is 0 Å². The van der Waals surface area contributed by atoms with E-state index < -0.39 is 0 Å². The summed E-state index contributed by atoms with van der Waals surface area (Å²) in [6.07, 6.45) is 0. The van der Waals surface area contributed by atoms with Gasteiger partial charge in [-0.05, 0) is 36.4 Å². The number of anilines is 2. The molecule has 130 valence electrons. The highest BCUT2D eigenvalue weighted by molar-refractivity contribution is 5.57. The number of hydrogen-bond acceptors (Lipinski definition) is 5. The third kappa shape index (κ3) is 4.26. The van der Waals surface area contributed by atoms with E-state index in [4.69, 9.17) is 13.9 Å². The first-order valence-electron chi connectivity index (χ1n) is 8.11. The SMILES string of the molecule is COc1ccccc1NCc1ccc(CNc2ccccc2OC)o1. The van der Waals surface area contributed by atoms with Crippen molar-refractivity contribution in [3.63, 3.8) is 0 Å². The van der Waals surface area contributed by atoms with Gasteiger partial charge in [0.1, 0.15) is 23.0 Å². The molecule has 0 fully saturated rings. The molecule has 0 radical (unpaired) electrons. The second-order valence-electron chi connectivity index (χ2n) is 5.48. The standard InChI is InChI=1S/C20H22N2O3/c1-23-19-9-5-3-7-17(19)21-13-15-11-12-16(25-15)14-22-18-8-4-6-10-20(18)24-2/h3-12,21-22H,13-14H2,1-2H3. The molecule has 2 aromatic carbocycles. The Balaban J connectivity index is 1.57. The number of methoxy groups -OCH3 is 2. The van der Waals surface area contributed by atoms with Crippen molar-refractivity contribution in [2.45, 2.75) is 13.1 Å². The minimum Gasteiger partial charge on any atom is -0.495 e. The zero-order valence-corrected chi connectivity index (χ0v) is 14.4. The molecule has 3 aromatic rings. The van der Waals surface area contributed by atoms with E-state index in [0.717, 1.165) is 34.4 Å². The molecule has 0 saturated carbocycles. The summed E-state index contributed by atoms with van der Waals surface area (Å²) in [4.78, 5) is 0. The topological polar surface area (TPSA) is 55.7 Å². The number of hydrogen-bond donors (Lipinski definition) is 2. The Hall–Kier alpha value is -3.08. The molecule has 0 aliphatic carbocycles. The Bertz CT molecular complexity index is 748. The van der Waals surface area contributed by atoms with Crippen molar-refractivity contribution in [1.82, 2.24) is 0 Å². The molecule has 0 atom stereocenters. The summed E-state index contributed by atoms with van der Waals surface area (Å²) >= 11 is 0. The Labute approximate surface area is 147 Å². The van der Waals surface area contributed by atoms with E-state index in [-0.39, 0.29) is 0 Å². The molecule has 5 nitrogen and oxygen atoms in total. The van der Waals surface area contributed by atoms with Gasteiger partial charge >= 0.3 is 0 Å². The molecule has 0 saturated heterocycles. The summed E-state index contributed by atoms with van der Waals surface area (Å²) in [5.41, 5.74) is 1.88. The monoisotopic (exact) mass is 338 g/mol. The van der Waals surface area contributed by atoms with E-state index in [0.29, 0.717) is 13.1 Å². The maximum atomic E-state index is 5.87. The highest BCUT2D eigenvalue weighted by Gasteiger charge is 2.06. The van der Waals surface area contributed by atoms with Gasteiger partial charge in [-0.2, -0.15) is 0 Å². The van der Waals surface area contributed by atoms with Crippen LogP contribution in [0.1, 0.15) is 11.5 Å². The van der Waals surface area contributed by atoms with Crippen molar-refractivity contribution >= 4 is 11.4 Å². The second-order valence-corrected chi connectivity index (χ2v) is 5.48. The normalized spacial score (nSPS) is 10.3. The van der Waals surface area contributed by atoms with Crippen LogP contribution in [0.3, 0.4) is 0 Å². The zero-order valence-electron chi connectivity index (χ0n) is 14.4. The molecule has 3 rings (SSSR count). The van der Waals surface area contributed by atoms with Crippen LogP contribution in [0, 0.1) is 0 Å². The van der Waals surface area contributed by atoms with Crippen LogP contribution >= 0.6 is 0 Å². The number of rotatable bonds is 8. The molecule has 0 bridgehead atoms. The molecule has 0 aliphatic rings. The minimum absolute atomic E-state index is 0.592. The Morgan fingerprint density at radius 1 is 0.680 bits per heavy atom. The predicted octanol–water partition coefficient (Wildman–Crippen LogP) is 4.52. The van der Waals surface area contributed by atoms with Crippen molar-refractivity contribution in [3.8, 4) is 11.5 Å². The second kappa shape index (κ2) is 8.15. The molecule has 1 aromatic heterocycles. The lowest BCUT2D eigenvalue weighted by Crippen LogP contribution is -2.01. The largest absolute Gasteiger partial charge is 0.495 e. The van der Waals surface area contributed by atoms with Gasteiger partial charge in [-0.3, -0.25) is 0 Å². The highest BCUT2D eigenvalue weighted by Crippen LogP contribution is 2.25. The predicted molar refractivity (Wildman–Crippen MR) is 99.3 cm³/mol. The summed E-state index contributed by atoms with van der Waals surface area (Å²) in [6, 6.07) is 19.6. The van der Waals surface area contributed by atoms with E-state index in [1.807, 2.05) is 60.7 Å². The van der Waals surface area contributed by atoms with Crippen molar-refractivity contribution < 1.29 is 13.9 Å². The molecular weight excluding hydrogens is 316 g/mol. The van der Waals surface area contributed by atoms with Gasteiger partial charge in [-0.1, -0.05) is 24.3 Å². The van der Waals surface area contributed by atoms with Crippen LogP contribution in [-0.2, 0) is 13.1 Å². The number of furan rings is 1. The third-order valence-electron chi connectivity index (χ3n) is 3.84. The number of para-hydroxylation sites is 4. The van der Waals surface area contributed by atoms with Crippen molar-refractivity contribution in [3.05, 3.63) is 72.2 Å². The maximum Gasteiger partial charge on any atom is 0.141 e. The van der Waals surface area contributed by atoms with E-state index in [1.54, 1.807) is 14.2 Å². The van der Waals surface area contributed by atoms with Crippen LogP contribution < -0.4 is 20.1 Å². The highest BCUT2D eigenvalue weighted by atomic mass is 16.5. The average molecular weight is 338 g/mol. The minimum atomic E-state index is 0.592. The fourth-order valence-corrected chi connectivity index (χ4v) is 2.56. The first-order valence-corrected chi connectivity index (χ1v) is 8.11. The van der Waals surface area contributed by atoms with Gasteiger partial charge in [0.25, 0.3) is 0 Å². The van der Waals surface area contributed by atoms with Crippen molar-refractivity contribution in [1.29, 1.82) is 0 Å². The van der Waals surface area contributed by atoms with Crippen LogP contribution in [0.5, 0.6) is 11.5 Å². The molecule has 0 unspecified atom stereocenters. The van der Waals surface area contributed by atoms with Crippen molar-refractivity contribution in [2.75, 3.05) is 24.9 Å². The van der Waals surface area contributed by atoms with Crippen molar-refractivity contribution in [2.24, 2.45) is 0 Å². The van der Waals surface area contributed by atoms with Gasteiger partial charge in [0.2, 0.25) is 0 Å². The Morgan fingerprint density at radius 2 is 1.12 bits per heavy atom. The van der Waals surface area contributed by atoms with Gasteiger partial charge in [-0.15, -0.1) is 0 Å². The Morgan fingerprint density at radius 3 is 1.56 bits per heavy atom. The van der Waals surface area contributed by atoms with Crippen LogP contribution in [0.15, 0.2) is 65.1 Å². The summed E-state index contributed by atoms with van der Waals surface area (Å²) in [5.74, 6) is 3.35. The first-order chi connectivity index (χ1) is 12.3. The summed E-state index contributed by atoms with van der Waals surface area (Å²) in [7, 11) is 3.32. The average Bonchev–Trinajstić information content (AvgIpc) is 3.13. The van der Waals surface area contributed by atoms with E-state index in [9.17, 15) is 0 Å². The fraction of sp³-hybridized carbons (Fsp3) is 0.200. The van der Waals surface area contributed by atoms with Gasteiger partial charge < -0.3 is 24.5 Å². The van der Waals surface area contributed by atoms with E-state index >= 15 is 0 Å². The summed E-state index contributed by atoms with van der Waals surface area (Å²) < 4.78 is 16.5. The quantitative estimate of drug-likeness (QED) is 0.632. The number of nitrogens with one attached hydrogen (secondary N) is 2. The third-order valence-corrected chi connectivity index (χ3v) is 3.84. The molecule has 25 heavy (non-hydrogen) atoms. The number of ether oxygens (including phenoxy) is 2. The number of benzene rings is 2. The lowest BCUT2D eigenvalue weighted by atomic mass is 10.3.